The normalized spacial score (nSPS) is 17.5. The molecule has 0 aromatic heterocycles. The molecule has 1 aromatic carbocycles. The van der Waals surface area contributed by atoms with Crippen LogP contribution in [0.4, 0.5) is 5.69 Å². The largest absolute Gasteiger partial charge is 0.481 e. The van der Waals surface area contributed by atoms with Gasteiger partial charge in [-0.3, -0.25) is 13.9 Å². The lowest BCUT2D eigenvalue weighted by molar-refractivity contribution is -0.141. The van der Waals surface area contributed by atoms with Crippen LogP contribution in [-0.2, 0) is 14.8 Å². The fourth-order valence-electron chi connectivity index (χ4n) is 2.71. The topological polar surface area (TPSA) is 104 Å². The smallest absolute Gasteiger partial charge is 0.308 e. The highest BCUT2D eigenvalue weighted by atomic mass is 32.2. The van der Waals surface area contributed by atoms with Gasteiger partial charge in [0.2, 0.25) is 10.0 Å². The Morgan fingerprint density at radius 1 is 1.38 bits per heavy atom. The number of rotatable bonds is 7. The minimum atomic E-state index is -3.30. The number of aliphatic carboxylic acids is 1. The molecule has 1 aromatic rings. The molecule has 2 rings (SSSR count). The average molecular weight is 354 g/mol. The zero-order chi connectivity index (χ0) is 17.7. The first-order chi connectivity index (χ1) is 11.3. The predicted octanol–water partition coefficient (Wildman–Crippen LogP) is 1.46. The van der Waals surface area contributed by atoms with Gasteiger partial charge in [-0.25, -0.2) is 8.42 Å². The van der Waals surface area contributed by atoms with Crippen molar-refractivity contribution in [2.75, 3.05) is 23.1 Å². The summed E-state index contributed by atoms with van der Waals surface area (Å²) in [5.41, 5.74) is 0.777. The van der Waals surface area contributed by atoms with Gasteiger partial charge >= 0.3 is 5.97 Å². The van der Waals surface area contributed by atoms with Crippen molar-refractivity contribution in [2.45, 2.75) is 26.2 Å². The quantitative estimate of drug-likeness (QED) is 0.771. The number of sulfonamides is 1. The van der Waals surface area contributed by atoms with E-state index in [0.717, 1.165) is 6.42 Å². The maximum Gasteiger partial charge on any atom is 0.308 e. The predicted molar refractivity (Wildman–Crippen MR) is 90.6 cm³/mol. The molecule has 1 amide bonds. The van der Waals surface area contributed by atoms with E-state index in [4.69, 9.17) is 5.11 Å². The molecule has 1 heterocycles. The first kappa shape index (κ1) is 18.3. The summed E-state index contributed by atoms with van der Waals surface area (Å²) in [6.07, 6.45) is 1.77. The average Bonchev–Trinajstić information content (AvgIpc) is 2.90. The minimum absolute atomic E-state index is 0.0498. The lowest BCUT2D eigenvalue weighted by Crippen LogP contribution is -2.33. The van der Waals surface area contributed by atoms with Crippen molar-refractivity contribution in [3.8, 4) is 0 Å². The summed E-state index contributed by atoms with van der Waals surface area (Å²) in [5.74, 6) is -1.85. The highest BCUT2D eigenvalue weighted by Gasteiger charge is 2.28. The van der Waals surface area contributed by atoms with E-state index in [1.807, 2.05) is 6.92 Å². The maximum absolute atomic E-state index is 12.2. The zero-order valence-electron chi connectivity index (χ0n) is 13.6. The molecule has 1 aliphatic rings. The molecule has 0 spiro atoms. The Morgan fingerprint density at radius 2 is 2.12 bits per heavy atom. The van der Waals surface area contributed by atoms with E-state index in [2.05, 4.69) is 5.32 Å². The molecule has 0 radical (unpaired) electrons. The van der Waals surface area contributed by atoms with Crippen molar-refractivity contribution in [3.63, 3.8) is 0 Å². The molecule has 132 valence electrons. The Kier molecular flexibility index (Phi) is 5.82. The Hall–Kier alpha value is -2.09. The lowest BCUT2D eigenvalue weighted by atomic mass is 10.0. The minimum Gasteiger partial charge on any atom is -0.481 e. The Balaban J connectivity index is 2.08. The highest BCUT2D eigenvalue weighted by Crippen LogP contribution is 2.24. The fraction of sp³-hybridized carbons (Fsp3) is 0.500. The molecule has 1 saturated heterocycles. The van der Waals surface area contributed by atoms with Crippen LogP contribution in [0.25, 0.3) is 0 Å². The molecular weight excluding hydrogens is 332 g/mol. The van der Waals surface area contributed by atoms with Gasteiger partial charge in [0.15, 0.2) is 0 Å². The summed E-state index contributed by atoms with van der Waals surface area (Å²) in [5, 5.41) is 11.7. The SMILES string of the molecule is CCCC(CNC(=O)c1cccc(N2CCCS2(=O)=O)c1)C(=O)O. The van der Waals surface area contributed by atoms with Gasteiger partial charge in [0.05, 0.1) is 17.4 Å². The molecule has 1 aliphatic heterocycles. The third-order valence-corrected chi connectivity index (χ3v) is 5.86. The molecule has 1 fully saturated rings. The van der Waals surface area contributed by atoms with Crippen LogP contribution in [0.2, 0.25) is 0 Å². The Bertz CT molecular complexity index is 717. The van der Waals surface area contributed by atoms with Crippen LogP contribution < -0.4 is 9.62 Å². The maximum atomic E-state index is 12.2. The van der Waals surface area contributed by atoms with Gasteiger partial charge in [-0.05, 0) is 31.0 Å². The van der Waals surface area contributed by atoms with E-state index in [-0.39, 0.29) is 12.3 Å². The second-order valence-corrected chi connectivity index (χ2v) is 7.84. The molecule has 1 atom stereocenters. The summed E-state index contributed by atoms with van der Waals surface area (Å²) >= 11 is 0. The van der Waals surface area contributed by atoms with Gasteiger partial charge in [0.1, 0.15) is 0 Å². The molecule has 2 N–H and O–H groups in total. The number of carbonyl (C=O) groups is 2. The van der Waals surface area contributed by atoms with Crippen LogP contribution in [0.5, 0.6) is 0 Å². The first-order valence-electron chi connectivity index (χ1n) is 7.96. The van der Waals surface area contributed by atoms with Crippen molar-refractivity contribution in [1.29, 1.82) is 0 Å². The van der Waals surface area contributed by atoms with Gasteiger partial charge in [-0.1, -0.05) is 19.4 Å². The van der Waals surface area contributed by atoms with E-state index in [1.54, 1.807) is 18.2 Å². The second-order valence-electron chi connectivity index (χ2n) is 5.83. The van der Waals surface area contributed by atoms with Gasteiger partial charge in [-0.2, -0.15) is 0 Å². The number of anilines is 1. The molecule has 0 saturated carbocycles. The van der Waals surface area contributed by atoms with Gasteiger partial charge in [0.25, 0.3) is 5.91 Å². The number of amides is 1. The van der Waals surface area contributed by atoms with Crippen LogP contribution >= 0.6 is 0 Å². The van der Waals surface area contributed by atoms with Crippen LogP contribution in [0.15, 0.2) is 24.3 Å². The standard InChI is InChI=1S/C16H22N2O5S/c1-2-5-13(16(20)21)11-17-15(19)12-6-3-7-14(10-12)18-8-4-9-24(18,22)23/h3,6-7,10,13H,2,4-5,8-9,11H2,1H3,(H,17,19)(H,20,21). The number of hydrogen-bond acceptors (Lipinski definition) is 4. The first-order valence-corrected chi connectivity index (χ1v) is 9.57. The fourth-order valence-corrected chi connectivity index (χ4v) is 4.27. The highest BCUT2D eigenvalue weighted by molar-refractivity contribution is 7.93. The van der Waals surface area contributed by atoms with E-state index in [0.29, 0.717) is 30.6 Å². The molecule has 8 heteroatoms. The van der Waals surface area contributed by atoms with Crippen LogP contribution in [0, 0.1) is 5.92 Å². The van der Waals surface area contributed by atoms with Crippen molar-refractivity contribution in [3.05, 3.63) is 29.8 Å². The van der Waals surface area contributed by atoms with Crippen molar-refractivity contribution in [1.82, 2.24) is 5.32 Å². The van der Waals surface area contributed by atoms with Crippen LogP contribution in [0.3, 0.4) is 0 Å². The number of carboxylic acid groups (broad SMARTS) is 1. The van der Waals surface area contributed by atoms with E-state index >= 15 is 0 Å². The molecular formula is C16H22N2O5S. The van der Waals surface area contributed by atoms with Gasteiger partial charge < -0.3 is 10.4 Å². The van der Waals surface area contributed by atoms with E-state index in [1.165, 1.54) is 10.4 Å². The van der Waals surface area contributed by atoms with Crippen molar-refractivity contribution in [2.24, 2.45) is 5.92 Å². The third-order valence-electron chi connectivity index (χ3n) is 3.99. The molecule has 7 nitrogen and oxygen atoms in total. The third kappa shape index (κ3) is 4.25. The Labute approximate surface area is 141 Å². The zero-order valence-corrected chi connectivity index (χ0v) is 14.4. The van der Waals surface area contributed by atoms with Crippen LogP contribution in [0.1, 0.15) is 36.5 Å². The Morgan fingerprint density at radius 3 is 2.71 bits per heavy atom. The second kappa shape index (κ2) is 7.65. The summed E-state index contributed by atoms with van der Waals surface area (Å²) in [6, 6.07) is 6.38. The van der Waals surface area contributed by atoms with Crippen molar-refractivity contribution >= 4 is 27.6 Å². The molecule has 24 heavy (non-hydrogen) atoms. The molecule has 0 aliphatic carbocycles. The summed E-state index contributed by atoms with van der Waals surface area (Å²) in [6.45, 7) is 2.34. The van der Waals surface area contributed by atoms with E-state index < -0.39 is 27.8 Å². The number of carboxylic acids is 1. The number of nitrogens with zero attached hydrogens (tertiary/aromatic N) is 1. The number of nitrogens with one attached hydrogen (secondary N) is 1. The van der Waals surface area contributed by atoms with Crippen molar-refractivity contribution < 1.29 is 23.1 Å². The van der Waals surface area contributed by atoms with Gasteiger partial charge in [-0.15, -0.1) is 0 Å². The van der Waals surface area contributed by atoms with Crippen LogP contribution in [-0.4, -0.2) is 44.2 Å². The number of benzene rings is 1. The number of carbonyl (C=O) groups excluding carboxylic acids is 1. The van der Waals surface area contributed by atoms with Gasteiger partial charge in [0, 0.05) is 18.7 Å². The van der Waals surface area contributed by atoms with E-state index in [9.17, 15) is 18.0 Å². The molecule has 1 unspecified atom stereocenters. The lowest BCUT2D eigenvalue weighted by Gasteiger charge is -2.18. The summed E-state index contributed by atoms with van der Waals surface area (Å²) in [7, 11) is -3.30. The summed E-state index contributed by atoms with van der Waals surface area (Å²) in [4.78, 5) is 23.3. The monoisotopic (exact) mass is 354 g/mol. The molecule has 0 bridgehead atoms. The number of hydrogen-bond donors (Lipinski definition) is 2. The summed E-state index contributed by atoms with van der Waals surface area (Å²) < 4.78 is 25.2.